The number of hydrogen-bond acceptors (Lipinski definition) is 2. The monoisotopic (exact) mass is 196 g/mol. The maximum absolute atomic E-state index is 3.62. The summed E-state index contributed by atoms with van der Waals surface area (Å²) >= 11 is 0. The van der Waals surface area contributed by atoms with Gasteiger partial charge in [-0.15, -0.1) is 0 Å². The topological polar surface area (TPSA) is 15.3 Å². The number of nitrogens with zero attached hydrogens (tertiary/aromatic N) is 1. The van der Waals surface area contributed by atoms with Gasteiger partial charge in [-0.05, 0) is 32.1 Å². The van der Waals surface area contributed by atoms with E-state index in [0.717, 1.165) is 0 Å². The van der Waals surface area contributed by atoms with E-state index in [9.17, 15) is 0 Å². The van der Waals surface area contributed by atoms with Crippen molar-refractivity contribution in [1.29, 1.82) is 0 Å². The third kappa shape index (κ3) is 2.12. The van der Waals surface area contributed by atoms with Crippen LogP contribution in [0.2, 0.25) is 0 Å². The highest BCUT2D eigenvalue weighted by Gasteiger charge is 2.36. The molecule has 2 aliphatic rings. The summed E-state index contributed by atoms with van der Waals surface area (Å²) in [7, 11) is 0. The van der Waals surface area contributed by atoms with E-state index in [0.29, 0.717) is 11.5 Å². The maximum Gasteiger partial charge on any atom is 0.0110 e. The molecule has 0 aromatic rings. The van der Waals surface area contributed by atoms with Gasteiger partial charge >= 0.3 is 0 Å². The quantitative estimate of drug-likeness (QED) is 0.688. The molecule has 82 valence electrons. The molecule has 0 atom stereocenters. The fraction of sp³-hybridized carbons (Fsp3) is 1.00. The van der Waals surface area contributed by atoms with Crippen LogP contribution in [0.4, 0.5) is 0 Å². The Hall–Kier alpha value is -0.0800. The molecular weight excluding hydrogens is 172 g/mol. The van der Waals surface area contributed by atoms with Crippen molar-refractivity contribution in [3.63, 3.8) is 0 Å². The van der Waals surface area contributed by atoms with Crippen LogP contribution in [0.15, 0.2) is 0 Å². The molecule has 0 unspecified atom stereocenters. The van der Waals surface area contributed by atoms with Gasteiger partial charge in [0.15, 0.2) is 0 Å². The van der Waals surface area contributed by atoms with Gasteiger partial charge in [-0.25, -0.2) is 0 Å². The zero-order valence-electron chi connectivity index (χ0n) is 9.68. The van der Waals surface area contributed by atoms with Crippen LogP contribution in [0.1, 0.15) is 39.5 Å². The van der Waals surface area contributed by atoms with Crippen LogP contribution in [0, 0.1) is 5.41 Å². The third-order valence-electron chi connectivity index (χ3n) is 4.01. The molecule has 1 aliphatic heterocycles. The van der Waals surface area contributed by atoms with Crippen LogP contribution in [-0.2, 0) is 0 Å². The van der Waals surface area contributed by atoms with E-state index < -0.39 is 0 Å². The molecule has 2 nitrogen and oxygen atoms in total. The van der Waals surface area contributed by atoms with Gasteiger partial charge in [0.2, 0.25) is 0 Å². The van der Waals surface area contributed by atoms with E-state index in [-0.39, 0.29) is 0 Å². The standard InChI is InChI=1S/C12H24N2/c1-11(2)14-8-7-13-9-12(10-14)5-3-4-6-12/h11,13H,3-10H2,1-2H3. The summed E-state index contributed by atoms with van der Waals surface area (Å²) in [6.07, 6.45) is 5.80. The lowest BCUT2D eigenvalue weighted by Gasteiger charge is -2.34. The predicted molar refractivity (Wildman–Crippen MR) is 60.5 cm³/mol. The highest BCUT2D eigenvalue weighted by molar-refractivity contribution is 4.92. The molecule has 14 heavy (non-hydrogen) atoms. The average Bonchev–Trinajstić information content (AvgIpc) is 2.47. The van der Waals surface area contributed by atoms with Gasteiger partial charge in [-0.1, -0.05) is 12.8 Å². The largest absolute Gasteiger partial charge is 0.315 e. The van der Waals surface area contributed by atoms with E-state index in [1.165, 1.54) is 51.9 Å². The summed E-state index contributed by atoms with van der Waals surface area (Å²) in [5.41, 5.74) is 0.626. The molecule has 0 aromatic carbocycles. The van der Waals surface area contributed by atoms with Crippen LogP contribution in [0.5, 0.6) is 0 Å². The molecule has 0 aromatic heterocycles. The van der Waals surface area contributed by atoms with Crippen molar-refractivity contribution < 1.29 is 0 Å². The molecule has 2 heteroatoms. The Morgan fingerprint density at radius 3 is 2.57 bits per heavy atom. The van der Waals surface area contributed by atoms with E-state index in [1.54, 1.807) is 0 Å². The Kier molecular flexibility index (Phi) is 3.13. The summed E-state index contributed by atoms with van der Waals surface area (Å²) in [4.78, 5) is 2.66. The van der Waals surface area contributed by atoms with Crippen LogP contribution in [-0.4, -0.2) is 37.1 Å². The molecule has 1 saturated heterocycles. The Bertz CT molecular complexity index is 183. The lowest BCUT2D eigenvalue weighted by molar-refractivity contribution is 0.149. The molecule has 1 spiro atoms. The third-order valence-corrected chi connectivity index (χ3v) is 4.01. The van der Waals surface area contributed by atoms with E-state index >= 15 is 0 Å². The first-order valence-corrected chi connectivity index (χ1v) is 6.17. The summed E-state index contributed by atoms with van der Waals surface area (Å²) < 4.78 is 0. The predicted octanol–water partition coefficient (Wildman–Crippen LogP) is 1.86. The fourth-order valence-corrected chi connectivity index (χ4v) is 3.04. The van der Waals surface area contributed by atoms with Crippen molar-refractivity contribution in [1.82, 2.24) is 10.2 Å². The molecule has 0 radical (unpaired) electrons. The fourth-order valence-electron chi connectivity index (χ4n) is 3.04. The molecule has 1 heterocycles. The molecule has 0 amide bonds. The SMILES string of the molecule is CC(C)N1CCNCC2(CCCC2)C1. The van der Waals surface area contributed by atoms with E-state index in [2.05, 4.69) is 24.1 Å². The summed E-state index contributed by atoms with van der Waals surface area (Å²) in [5, 5.41) is 3.62. The summed E-state index contributed by atoms with van der Waals surface area (Å²) in [6, 6.07) is 0.715. The second-order valence-corrected chi connectivity index (χ2v) is 5.45. The molecule has 1 aliphatic carbocycles. The Morgan fingerprint density at radius 2 is 1.93 bits per heavy atom. The first kappa shape index (κ1) is 10.4. The highest BCUT2D eigenvalue weighted by atomic mass is 15.2. The van der Waals surface area contributed by atoms with Crippen molar-refractivity contribution in [3.8, 4) is 0 Å². The van der Waals surface area contributed by atoms with Crippen LogP contribution < -0.4 is 5.32 Å². The van der Waals surface area contributed by atoms with Gasteiger partial charge in [0, 0.05) is 32.2 Å². The lowest BCUT2D eigenvalue weighted by Crippen LogP contribution is -2.40. The Labute approximate surface area is 88.1 Å². The van der Waals surface area contributed by atoms with Crippen molar-refractivity contribution in [3.05, 3.63) is 0 Å². The van der Waals surface area contributed by atoms with Gasteiger partial charge in [0.05, 0.1) is 0 Å². The number of nitrogens with one attached hydrogen (secondary N) is 1. The zero-order chi connectivity index (χ0) is 10.0. The molecular formula is C12H24N2. The van der Waals surface area contributed by atoms with Gasteiger partial charge in [0.25, 0.3) is 0 Å². The second-order valence-electron chi connectivity index (χ2n) is 5.45. The summed E-state index contributed by atoms with van der Waals surface area (Å²) in [5.74, 6) is 0. The van der Waals surface area contributed by atoms with Crippen molar-refractivity contribution in [2.24, 2.45) is 5.41 Å². The van der Waals surface area contributed by atoms with Crippen LogP contribution >= 0.6 is 0 Å². The van der Waals surface area contributed by atoms with Gasteiger partial charge in [0.1, 0.15) is 0 Å². The maximum atomic E-state index is 3.62. The lowest BCUT2D eigenvalue weighted by atomic mass is 9.85. The van der Waals surface area contributed by atoms with Gasteiger partial charge < -0.3 is 5.32 Å². The minimum atomic E-state index is 0.626. The number of hydrogen-bond donors (Lipinski definition) is 1. The van der Waals surface area contributed by atoms with Crippen LogP contribution in [0.3, 0.4) is 0 Å². The van der Waals surface area contributed by atoms with Gasteiger partial charge in [-0.3, -0.25) is 4.90 Å². The highest BCUT2D eigenvalue weighted by Crippen LogP contribution is 2.39. The Morgan fingerprint density at radius 1 is 1.21 bits per heavy atom. The van der Waals surface area contributed by atoms with Crippen LogP contribution in [0.25, 0.3) is 0 Å². The van der Waals surface area contributed by atoms with Crippen molar-refractivity contribution in [2.45, 2.75) is 45.6 Å². The number of rotatable bonds is 1. The van der Waals surface area contributed by atoms with Gasteiger partial charge in [-0.2, -0.15) is 0 Å². The smallest absolute Gasteiger partial charge is 0.0110 e. The van der Waals surface area contributed by atoms with Crippen molar-refractivity contribution in [2.75, 3.05) is 26.2 Å². The van der Waals surface area contributed by atoms with E-state index in [1.807, 2.05) is 0 Å². The Balaban J connectivity index is 2.03. The minimum Gasteiger partial charge on any atom is -0.315 e. The normalized spacial score (nSPS) is 28.5. The molecule has 2 rings (SSSR count). The molecule has 0 bridgehead atoms. The second kappa shape index (κ2) is 4.19. The molecule has 1 N–H and O–H groups in total. The first-order chi connectivity index (χ1) is 6.72. The molecule has 1 saturated carbocycles. The average molecular weight is 196 g/mol. The first-order valence-electron chi connectivity index (χ1n) is 6.17. The van der Waals surface area contributed by atoms with E-state index in [4.69, 9.17) is 0 Å². The molecule has 2 fully saturated rings. The summed E-state index contributed by atoms with van der Waals surface area (Å²) in [6.45, 7) is 9.66. The van der Waals surface area contributed by atoms with Crippen molar-refractivity contribution >= 4 is 0 Å². The zero-order valence-corrected chi connectivity index (χ0v) is 9.68. The minimum absolute atomic E-state index is 0.626.